The third-order valence-corrected chi connectivity index (χ3v) is 5.02. The van der Waals surface area contributed by atoms with Gasteiger partial charge in [-0.1, -0.05) is 6.42 Å². The Morgan fingerprint density at radius 3 is 2.75 bits per heavy atom. The van der Waals surface area contributed by atoms with Gasteiger partial charge in [-0.3, -0.25) is 4.90 Å². The molecular formula is C15H28N2O3. The molecule has 0 bridgehead atoms. The first-order chi connectivity index (χ1) is 9.63. The molecule has 5 nitrogen and oxygen atoms in total. The highest BCUT2D eigenvalue weighted by molar-refractivity contribution is 5.67. The maximum atomic E-state index is 11.4. The predicted octanol–water partition coefficient (Wildman–Crippen LogP) is 1.60. The molecule has 0 aromatic heterocycles. The summed E-state index contributed by atoms with van der Waals surface area (Å²) in [6, 6.07) is 0.711. The highest BCUT2D eigenvalue weighted by Crippen LogP contribution is 2.34. The van der Waals surface area contributed by atoms with Crippen LogP contribution < -0.4 is 5.32 Å². The summed E-state index contributed by atoms with van der Waals surface area (Å²) in [5.41, 5.74) is 0. The molecule has 3 unspecified atom stereocenters. The van der Waals surface area contributed by atoms with Gasteiger partial charge in [-0.15, -0.1) is 0 Å². The molecule has 20 heavy (non-hydrogen) atoms. The molecule has 1 heterocycles. The minimum atomic E-state index is -0.351. The Morgan fingerprint density at radius 2 is 2.20 bits per heavy atom. The summed E-state index contributed by atoms with van der Waals surface area (Å²) in [5, 5.41) is 12.1. The molecule has 1 aliphatic heterocycles. The van der Waals surface area contributed by atoms with E-state index in [1.54, 1.807) is 0 Å². The van der Waals surface area contributed by atoms with E-state index in [1.807, 2.05) is 0 Å². The van der Waals surface area contributed by atoms with Crippen LogP contribution in [0.3, 0.4) is 0 Å². The van der Waals surface area contributed by atoms with E-state index in [2.05, 4.69) is 17.1 Å². The molecule has 116 valence electrons. The smallest absolute Gasteiger partial charge is 0.407 e. The number of carbonyl (C=O) groups is 1. The fourth-order valence-corrected chi connectivity index (χ4v) is 3.52. The number of ether oxygens (including phenoxy) is 1. The minimum absolute atomic E-state index is 0.135. The highest BCUT2D eigenvalue weighted by atomic mass is 16.5. The zero-order valence-corrected chi connectivity index (χ0v) is 12.7. The van der Waals surface area contributed by atoms with E-state index in [0.29, 0.717) is 12.0 Å². The predicted molar refractivity (Wildman–Crippen MR) is 77.5 cm³/mol. The Labute approximate surface area is 121 Å². The van der Waals surface area contributed by atoms with Gasteiger partial charge in [-0.25, -0.2) is 4.79 Å². The molecule has 2 N–H and O–H groups in total. The number of hydrogen-bond acceptors (Lipinski definition) is 4. The van der Waals surface area contributed by atoms with E-state index in [4.69, 9.17) is 4.74 Å². The van der Waals surface area contributed by atoms with Crippen molar-refractivity contribution in [3.63, 3.8) is 0 Å². The number of alkyl carbamates (subject to hydrolysis) is 1. The average Bonchev–Trinajstić information content (AvgIpc) is 2.36. The summed E-state index contributed by atoms with van der Waals surface area (Å²) in [5.74, 6) is 1.26. The van der Waals surface area contributed by atoms with Crippen molar-refractivity contribution in [2.45, 2.75) is 51.1 Å². The summed E-state index contributed by atoms with van der Waals surface area (Å²) in [4.78, 5) is 13.9. The van der Waals surface area contributed by atoms with Gasteiger partial charge in [0.2, 0.25) is 0 Å². The SMILES string of the molecule is COC(=O)NC1CC(CCO)CN(C(C)C2CCC2)C1. The molecule has 0 aromatic rings. The second-order valence-corrected chi connectivity index (χ2v) is 6.33. The van der Waals surface area contributed by atoms with Crippen LogP contribution in [0.2, 0.25) is 0 Å². The number of rotatable bonds is 5. The number of nitrogens with one attached hydrogen (secondary N) is 1. The second-order valence-electron chi connectivity index (χ2n) is 6.33. The van der Waals surface area contributed by atoms with Crippen LogP contribution in [0.5, 0.6) is 0 Å². The number of aliphatic hydroxyl groups excluding tert-OH is 1. The van der Waals surface area contributed by atoms with Crippen molar-refractivity contribution >= 4 is 6.09 Å². The van der Waals surface area contributed by atoms with Gasteiger partial charge < -0.3 is 15.2 Å². The van der Waals surface area contributed by atoms with Crippen LogP contribution >= 0.6 is 0 Å². The Hall–Kier alpha value is -0.810. The molecule has 1 saturated carbocycles. The van der Waals surface area contributed by atoms with Crippen molar-refractivity contribution in [3.8, 4) is 0 Å². The van der Waals surface area contributed by atoms with Crippen molar-refractivity contribution in [1.29, 1.82) is 0 Å². The summed E-state index contributed by atoms with van der Waals surface area (Å²) in [7, 11) is 1.40. The number of likely N-dealkylation sites (tertiary alicyclic amines) is 1. The van der Waals surface area contributed by atoms with Crippen molar-refractivity contribution in [3.05, 3.63) is 0 Å². The lowest BCUT2D eigenvalue weighted by atomic mass is 9.78. The quantitative estimate of drug-likeness (QED) is 0.805. The van der Waals surface area contributed by atoms with Crippen molar-refractivity contribution in [2.75, 3.05) is 26.8 Å². The Bertz CT molecular complexity index is 320. The van der Waals surface area contributed by atoms with Crippen LogP contribution in [0.15, 0.2) is 0 Å². The number of methoxy groups -OCH3 is 1. The van der Waals surface area contributed by atoms with Crippen LogP contribution in [0.25, 0.3) is 0 Å². The van der Waals surface area contributed by atoms with Gasteiger partial charge in [0.05, 0.1) is 7.11 Å². The Kier molecular flexibility index (Phi) is 5.66. The maximum absolute atomic E-state index is 11.4. The lowest BCUT2D eigenvalue weighted by Crippen LogP contribution is -2.55. The highest BCUT2D eigenvalue weighted by Gasteiger charge is 2.34. The normalized spacial score (nSPS) is 29.6. The number of nitrogens with zero attached hydrogens (tertiary/aromatic N) is 1. The first-order valence-electron chi connectivity index (χ1n) is 7.83. The van der Waals surface area contributed by atoms with Crippen LogP contribution in [-0.4, -0.2) is 55.0 Å². The van der Waals surface area contributed by atoms with Gasteiger partial charge in [-0.05, 0) is 44.4 Å². The van der Waals surface area contributed by atoms with Crippen molar-refractivity contribution in [2.24, 2.45) is 11.8 Å². The molecule has 0 aromatic carbocycles. The van der Waals surface area contributed by atoms with Crippen LogP contribution in [0, 0.1) is 11.8 Å². The van der Waals surface area contributed by atoms with Crippen molar-refractivity contribution < 1.29 is 14.6 Å². The zero-order chi connectivity index (χ0) is 14.5. The van der Waals surface area contributed by atoms with Crippen LogP contribution in [0.1, 0.15) is 39.0 Å². The van der Waals surface area contributed by atoms with Gasteiger partial charge in [0.25, 0.3) is 0 Å². The number of piperidine rings is 1. The van der Waals surface area contributed by atoms with Gasteiger partial charge in [0.1, 0.15) is 0 Å². The van der Waals surface area contributed by atoms with Crippen LogP contribution in [-0.2, 0) is 4.74 Å². The number of aliphatic hydroxyl groups is 1. The molecule has 0 spiro atoms. The number of amides is 1. The van der Waals surface area contributed by atoms with E-state index in [9.17, 15) is 9.90 Å². The third kappa shape index (κ3) is 3.85. The van der Waals surface area contributed by atoms with Crippen molar-refractivity contribution in [1.82, 2.24) is 10.2 Å². The van der Waals surface area contributed by atoms with Gasteiger partial charge in [-0.2, -0.15) is 0 Å². The fraction of sp³-hybridized carbons (Fsp3) is 0.933. The molecule has 2 fully saturated rings. The van der Waals surface area contributed by atoms with Crippen LogP contribution in [0.4, 0.5) is 4.79 Å². The molecule has 1 saturated heterocycles. The standard InChI is InChI=1S/C15H28N2O3/c1-11(13-4-3-5-13)17-9-12(6-7-18)8-14(10-17)16-15(19)20-2/h11-14,18H,3-10H2,1-2H3,(H,16,19). The van der Waals surface area contributed by atoms with E-state index < -0.39 is 0 Å². The monoisotopic (exact) mass is 284 g/mol. The molecule has 3 atom stereocenters. The molecule has 0 radical (unpaired) electrons. The van der Waals surface area contributed by atoms with E-state index in [0.717, 1.165) is 31.8 Å². The Balaban J connectivity index is 1.93. The van der Waals surface area contributed by atoms with E-state index in [-0.39, 0.29) is 18.7 Å². The zero-order valence-electron chi connectivity index (χ0n) is 12.7. The molecular weight excluding hydrogens is 256 g/mol. The van der Waals surface area contributed by atoms with Gasteiger partial charge >= 0.3 is 6.09 Å². The molecule has 1 aliphatic carbocycles. The first kappa shape index (κ1) is 15.6. The van der Waals surface area contributed by atoms with Gasteiger partial charge in [0.15, 0.2) is 0 Å². The summed E-state index contributed by atoms with van der Waals surface area (Å²) in [6.45, 7) is 4.47. The van der Waals surface area contributed by atoms with Gasteiger partial charge in [0, 0.05) is 31.8 Å². The lowest BCUT2D eigenvalue weighted by molar-refractivity contribution is 0.0443. The minimum Gasteiger partial charge on any atom is -0.453 e. The number of hydrogen-bond donors (Lipinski definition) is 2. The second kappa shape index (κ2) is 7.27. The molecule has 2 rings (SSSR count). The topological polar surface area (TPSA) is 61.8 Å². The van der Waals surface area contributed by atoms with E-state index >= 15 is 0 Å². The lowest BCUT2D eigenvalue weighted by Gasteiger charge is -2.45. The average molecular weight is 284 g/mol. The Morgan fingerprint density at radius 1 is 1.45 bits per heavy atom. The summed E-state index contributed by atoms with van der Waals surface area (Å²) in [6.07, 6.45) is 5.41. The van der Waals surface area contributed by atoms with E-state index in [1.165, 1.54) is 26.4 Å². The third-order valence-electron chi connectivity index (χ3n) is 5.02. The number of carbonyl (C=O) groups excluding carboxylic acids is 1. The molecule has 2 aliphatic rings. The summed E-state index contributed by atoms with van der Waals surface area (Å²) < 4.78 is 4.71. The maximum Gasteiger partial charge on any atom is 0.407 e. The first-order valence-corrected chi connectivity index (χ1v) is 7.83. The molecule has 1 amide bonds. The summed E-state index contributed by atoms with van der Waals surface area (Å²) >= 11 is 0. The largest absolute Gasteiger partial charge is 0.453 e. The fourth-order valence-electron chi connectivity index (χ4n) is 3.52. The molecule has 5 heteroatoms.